The van der Waals surface area contributed by atoms with Crippen molar-refractivity contribution >= 4 is 11.6 Å². The van der Waals surface area contributed by atoms with Crippen LogP contribution in [0.1, 0.15) is 19.7 Å². The predicted octanol–water partition coefficient (Wildman–Crippen LogP) is 3.51. The van der Waals surface area contributed by atoms with Crippen LogP contribution in [-0.4, -0.2) is 16.8 Å². The van der Waals surface area contributed by atoms with Crippen molar-refractivity contribution in [2.24, 2.45) is 5.92 Å². The fourth-order valence-electron chi connectivity index (χ4n) is 1.44. The van der Waals surface area contributed by atoms with Crippen LogP contribution in [0.15, 0.2) is 28.7 Å². The Bertz CT molecular complexity index is 511. The highest BCUT2D eigenvalue weighted by Gasteiger charge is 2.13. The molecule has 5 heteroatoms. The van der Waals surface area contributed by atoms with Gasteiger partial charge in [0, 0.05) is 0 Å². The van der Waals surface area contributed by atoms with Crippen molar-refractivity contribution < 1.29 is 9.15 Å². The number of halogens is 1. The van der Waals surface area contributed by atoms with Crippen molar-refractivity contribution in [1.82, 2.24) is 10.2 Å². The maximum atomic E-state index is 5.74. The summed E-state index contributed by atoms with van der Waals surface area (Å²) in [5.41, 5.74) is 0.794. The molecule has 0 unspecified atom stereocenters. The average Bonchev–Trinajstić information content (AvgIpc) is 2.85. The molecule has 0 N–H and O–H groups in total. The summed E-state index contributed by atoms with van der Waals surface area (Å²) in [6, 6.07) is 7.60. The second kappa shape index (κ2) is 5.87. The standard InChI is InChI=1S/C13H15ClN2O2/c1-9(2)8-17-11-6-4-3-5-10(11)13-16-15-12(7-14)18-13/h3-6,9H,7-8H2,1-2H3. The second-order valence-electron chi connectivity index (χ2n) is 4.34. The fourth-order valence-corrected chi connectivity index (χ4v) is 1.55. The van der Waals surface area contributed by atoms with Crippen LogP contribution in [0.2, 0.25) is 0 Å². The van der Waals surface area contributed by atoms with Crippen LogP contribution in [0.3, 0.4) is 0 Å². The first-order chi connectivity index (χ1) is 8.70. The fraction of sp³-hybridized carbons (Fsp3) is 0.385. The molecule has 2 rings (SSSR count). The molecular weight excluding hydrogens is 252 g/mol. The largest absolute Gasteiger partial charge is 0.492 e. The van der Waals surface area contributed by atoms with E-state index in [1.807, 2.05) is 24.3 Å². The third-order valence-electron chi connectivity index (χ3n) is 2.27. The van der Waals surface area contributed by atoms with Crippen LogP contribution in [0.5, 0.6) is 5.75 Å². The minimum absolute atomic E-state index is 0.210. The minimum Gasteiger partial charge on any atom is -0.492 e. The molecule has 0 atom stereocenters. The number of nitrogens with zero attached hydrogens (tertiary/aromatic N) is 2. The van der Waals surface area contributed by atoms with E-state index in [1.54, 1.807) is 0 Å². The molecule has 0 aliphatic rings. The van der Waals surface area contributed by atoms with E-state index in [9.17, 15) is 0 Å². The van der Waals surface area contributed by atoms with Crippen LogP contribution in [-0.2, 0) is 5.88 Å². The van der Waals surface area contributed by atoms with Gasteiger partial charge in [-0.15, -0.1) is 21.8 Å². The summed E-state index contributed by atoms with van der Waals surface area (Å²) in [6.07, 6.45) is 0. The summed E-state index contributed by atoms with van der Waals surface area (Å²) < 4.78 is 11.2. The molecule has 96 valence electrons. The minimum atomic E-state index is 0.210. The number of ether oxygens (including phenoxy) is 1. The summed E-state index contributed by atoms with van der Waals surface area (Å²) in [5, 5.41) is 7.81. The summed E-state index contributed by atoms with van der Waals surface area (Å²) in [4.78, 5) is 0. The Morgan fingerprint density at radius 3 is 2.72 bits per heavy atom. The SMILES string of the molecule is CC(C)COc1ccccc1-c1nnc(CCl)o1. The highest BCUT2D eigenvalue weighted by molar-refractivity contribution is 6.16. The quantitative estimate of drug-likeness (QED) is 0.777. The third-order valence-corrected chi connectivity index (χ3v) is 2.50. The van der Waals surface area contributed by atoms with Crippen molar-refractivity contribution in [2.45, 2.75) is 19.7 Å². The zero-order chi connectivity index (χ0) is 13.0. The molecule has 1 aromatic carbocycles. The Labute approximate surface area is 111 Å². The van der Waals surface area contributed by atoms with Gasteiger partial charge in [-0.1, -0.05) is 26.0 Å². The van der Waals surface area contributed by atoms with Gasteiger partial charge >= 0.3 is 0 Å². The van der Waals surface area contributed by atoms with Gasteiger partial charge in [0.05, 0.1) is 12.2 Å². The zero-order valence-electron chi connectivity index (χ0n) is 10.4. The Morgan fingerprint density at radius 2 is 2.06 bits per heavy atom. The molecule has 1 aromatic heterocycles. The van der Waals surface area contributed by atoms with E-state index < -0.39 is 0 Å². The number of para-hydroxylation sites is 1. The van der Waals surface area contributed by atoms with E-state index in [4.69, 9.17) is 20.8 Å². The van der Waals surface area contributed by atoms with Crippen molar-refractivity contribution in [3.63, 3.8) is 0 Å². The van der Waals surface area contributed by atoms with Crippen LogP contribution >= 0.6 is 11.6 Å². The lowest BCUT2D eigenvalue weighted by atomic mass is 10.2. The number of hydrogen-bond donors (Lipinski definition) is 0. The summed E-state index contributed by atoms with van der Waals surface area (Å²) in [5.74, 6) is 2.26. The second-order valence-corrected chi connectivity index (χ2v) is 4.60. The van der Waals surface area contributed by atoms with Gasteiger partial charge < -0.3 is 9.15 Å². The normalized spacial score (nSPS) is 10.9. The van der Waals surface area contributed by atoms with Gasteiger partial charge in [0.15, 0.2) is 0 Å². The first-order valence-corrected chi connectivity index (χ1v) is 6.34. The molecule has 0 fully saturated rings. The average molecular weight is 267 g/mol. The van der Waals surface area contributed by atoms with Gasteiger partial charge in [0.1, 0.15) is 11.6 Å². The van der Waals surface area contributed by atoms with Crippen LogP contribution < -0.4 is 4.74 Å². The van der Waals surface area contributed by atoms with Gasteiger partial charge in [0.25, 0.3) is 5.89 Å². The number of benzene rings is 1. The summed E-state index contributed by atoms with van der Waals surface area (Å²) >= 11 is 5.64. The molecule has 0 radical (unpaired) electrons. The van der Waals surface area contributed by atoms with E-state index in [1.165, 1.54) is 0 Å². The molecular formula is C13H15ClN2O2. The number of alkyl halides is 1. The van der Waals surface area contributed by atoms with Crippen LogP contribution in [0, 0.1) is 5.92 Å². The summed E-state index contributed by atoms with van der Waals surface area (Å²) in [7, 11) is 0. The van der Waals surface area contributed by atoms with E-state index >= 15 is 0 Å². The number of aromatic nitrogens is 2. The summed E-state index contributed by atoms with van der Waals surface area (Å²) in [6.45, 7) is 4.84. The molecule has 2 aromatic rings. The highest BCUT2D eigenvalue weighted by atomic mass is 35.5. The van der Waals surface area contributed by atoms with Gasteiger partial charge in [-0.3, -0.25) is 0 Å². The molecule has 0 saturated heterocycles. The molecule has 1 heterocycles. The molecule has 0 bridgehead atoms. The molecule has 0 saturated carbocycles. The Hall–Kier alpha value is -1.55. The highest BCUT2D eigenvalue weighted by Crippen LogP contribution is 2.29. The monoisotopic (exact) mass is 266 g/mol. The van der Waals surface area contributed by atoms with Crippen molar-refractivity contribution in [3.8, 4) is 17.2 Å². The number of rotatable bonds is 5. The van der Waals surface area contributed by atoms with Gasteiger partial charge in [0.2, 0.25) is 5.89 Å². The van der Waals surface area contributed by atoms with Gasteiger partial charge in [-0.25, -0.2) is 0 Å². The van der Waals surface area contributed by atoms with E-state index in [0.29, 0.717) is 24.3 Å². The zero-order valence-corrected chi connectivity index (χ0v) is 11.1. The first-order valence-electron chi connectivity index (χ1n) is 5.81. The third kappa shape index (κ3) is 3.01. The molecule has 0 spiro atoms. The van der Waals surface area contributed by atoms with Gasteiger partial charge in [-0.2, -0.15) is 0 Å². The Balaban J connectivity index is 2.26. The Kier molecular flexibility index (Phi) is 4.20. The van der Waals surface area contributed by atoms with Crippen molar-refractivity contribution in [1.29, 1.82) is 0 Å². The molecule has 0 aliphatic carbocycles. The molecule has 0 aliphatic heterocycles. The Morgan fingerprint density at radius 1 is 1.28 bits per heavy atom. The van der Waals surface area contributed by atoms with Crippen LogP contribution in [0.25, 0.3) is 11.5 Å². The smallest absolute Gasteiger partial charge is 0.251 e. The molecule has 0 amide bonds. The predicted molar refractivity (Wildman–Crippen MR) is 69.6 cm³/mol. The number of hydrogen-bond acceptors (Lipinski definition) is 4. The maximum Gasteiger partial charge on any atom is 0.251 e. The first kappa shape index (κ1) is 12.9. The van der Waals surface area contributed by atoms with E-state index in [0.717, 1.165) is 11.3 Å². The molecule has 4 nitrogen and oxygen atoms in total. The van der Waals surface area contributed by atoms with Gasteiger partial charge in [-0.05, 0) is 18.1 Å². The van der Waals surface area contributed by atoms with Crippen LogP contribution in [0.4, 0.5) is 0 Å². The lowest BCUT2D eigenvalue weighted by molar-refractivity contribution is 0.271. The van der Waals surface area contributed by atoms with Crippen molar-refractivity contribution in [2.75, 3.05) is 6.61 Å². The van der Waals surface area contributed by atoms with E-state index in [2.05, 4.69) is 24.0 Å². The van der Waals surface area contributed by atoms with Crippen molar-refractivity contribution in [3.05, 3.63) is 30.2 Å². The lowest BCUT2D eigenvalue weighted by Gasteiger charge is -2.10. The topological polar surface area (TPSA) is 48.2 Å². The lowest BCUT2D eigenvalue weighted by Crippen LogP contribution is -2.05. The van der Waals surface area contributed by atoms with E-state index in [-0.39, 0.29) is 5.88 Å². The molecule has 18 heavy (non-hydrogen) atoms. The maximum absolute atomic E-state index is 5.74.